The molecule has 0 fully saturated rings. The second-order valence-corrected chi connectivity index (χ2v) is 4.26. The van der Waals surface area contributed by atoms with Crippen LogP contribution in [0.15, 0.2) is 54.7 Å². The molecule has 2 N–H and O–H groups in total. The third-order valence-corrected chi connectivity index (χ3v) is 2.96. The van der Waals surface area contributed by atoms with Crippen molar-refractivity contribution in [3.05, 3.63) is 77.0 Å². The average molecular weight is 223 g/mol. The Morgan fingerprint density at radius 2 is 1.59 bits per heavy atom. The van der Waals surface area contributed by atoms with Gasteiger partial charge < -0.3 is 5.73 Å². The molecule has 17 heavy (non-hydrogen) atoms. The molecular formula is C16H17N. The highest BCUT2D eigenvalue weighted by atomic mass is 14.5. The standard InChI is InChI=1S/C16H17N/c1-12-7-9-14(10-8-12)16(11-17)15-6-4-3-5-13(15)2/h3-11H,17H2,1-2H3/b16-11-. The third kappa shape index (κ3) is 2.39. The van der Waals surface area contributed by atoms with Crippen molar-refractivity contribution >= 4 is 5.57 Å². The van der Waals surface area contributed by atoms with E-state index in [0.29, 0.717) is 0 Å². The molecule has 0 aliphatic carbocycles. The van der Waals surface area contributed by atoms with E-state index in [4.69, 9.17) is 5.73 Å². The molecule has 0 atom stereocenters. The highest BCUT2D eigenvalue weighted by Crippen LogP contribution is 2.25. The molecule has 0 aliphatic heterocycles. The molecule has 0 heterocycles. The molecule has 0 amide bonds. The minimum absolute atomic E-state index is 1.09. The first kappa shape index (κ1) is 11.5. The number of hydrogen-bond acceptors (Lipinski definition) is 1. The van der Waals surface area contributed by atoms with Crippen molar-refractivity contribution in [3.63, 3.8) is 0 Å². The van der Waals surface area contributed by atoms with E-state index in [9.17, 15) is 0 Å². The number of nitrogens with two attached hydrogens (primary N) is 1. The molecule has 0 radical (unpaired) electrons. The van der Waals surface area contributed by atoms with Gasteiger partial charge in [0.2, 0.25) is 0 Å². The zero-order valence-electron chi connectivity index (χ0n) is 10.3. The monoisotopic (exact) mass is 223 g/mol. The Morgan fingerprint density at radius 3 is 2.18 bits per heavy atom. The topological polar surface area (TPSA) is 26.0 Å². The Kier molecular flexibility index (Phi) is 3.29. The summed E-state index contributed by atoms with van der Waals surface area (Å²) in [5.41, 5.74) is 11.7. The van der Waals surface area contributed by atoms with E-state index in [1.807, 2.05) is 12.1 Å². The lowest BCUT2D eigenvalue weighted by molar-refractivity contribution is 1.39. The van der Waals surface area contributed by atoms with Crippen LogP contribution in [0.25, 0.3) is 5.57 Å². The van der Waals surface area contributed by atoms with Crippen LogP contribution < -0.4 is 5.73 Å². The van der Waals surface area contributed by atoms with Crippen LogP contribution in [0.4, 0.5) is 0 Å². The van der Waals surface area contributed by atoms with Crippen LogP contribution in [0.3, 0.4) is 0 Å². The Hall–Kier alpha value is -2.02. The fourth-order valence-corrected chi connectivity index (χ4v) is 1.95. The second kappa shape index (κ2) is 4.88. The van der Waals surface area contributed by atoms with Crippen molar-refractivity contribution < 1.29 is 0 Å². The molecule has 0 bridgehead atoms. The van der Waals surface area contributed by atoms with Gasteiger partial charge >= 0.3 is 0 Å². The van der Waals surface area contributed by atoms with Gasteiger partial charge in [-0.25, -0.2) is 0 Å². The number of benzene rings is 2. The van der Waals surface area contributed by atoms with E-state index < -0.39 is 0 Å². The Bertz CT molecular complexity index is 536. The summed E-state index contributed by atoms with van der Waals surface area (Å²) in [5.74, 6) is 0. The summed E-state index contributed by atoms with van der Waals surface area (Å²) in [5, 5.41) is 0. The van der Waals surface area contributed by atoms with Crippen molar-refractivity contribution in [3.8, 4) is 0 Å². The molecule has 1 nitrogen and oxygen atoms in total. The molecule has 0 unspecified atom stereocenters. The SMILES string of the molecule is Cc1ccc(/C(=C/N)c2ccccc2C)cc1. The molecule has 2 rings (SSSR count). The van der Waals surface area contributed by atoms with E-state index in [1.54, 1.807) is 6.20 Å². The number of rotatable bonds is 2. The van der Waals surface area contributed by atoms with E-state index in [1.165, 1.54) is 16.7 Å². The van der Waals surface area contributed by atoms with Gasteiger partial charge in [-0.2, -0.15) is 0 Å². The Balaban J connectivity index is 2.49. The first-order valence-electron chi connectivity index (χ1n) is 5.77. The fourth-order valence-electron chi connectivity index (χ4n) is 1.95. The molecule has 86 valence electrons. The van der Waals surface area contributed by atoms with Gasteiger partial charge in [0.05, 0.1) is 0 Å². The fraction of sp³-hybridized carbons (Fsp3) is 0.125. The van der Waals surface area contributed by atoms with Gasteiger partial charge in [-0.3, -0.25) is 0 Å². The van der Waals surface area contributed by atoms with Crippen LogP contribution in [0.5, 0.6) is 0 Å². The van der Waals surface area contributed by atoms with Gasteiger partial charge in [0.25, 0.3) is 0 Å². The number of aryl methyl sites for hydroxylation is 2. The molecule has 0 saturated heterocycles. The Morgan fingerprint density at radius 1 is 0.941 bits per heavy atom. The third-order valence-electron chi connectivity index (χ3n) is 2.96. The van der Waals surface area contributed by atoms with E-state index in [2.05, 4.69) is 50.2 Å². The summed E-state index contributed by atoms with van der Waals surface area (Å²) in [6, 6.07) is 16.7. The van der Waals surface area contributed by atoms with Crippen LogP contribution in [-0.4, -0.2) is 0 Å². The smallest absolute Gasteiger partial charge is 0.00462 e. The largest absolute Gasteiger partial charge is 0.404 e. The van der Waals surface area contributed by atoms with Gasteiger partial charge in [0.1, 0.15) is 0 Å². The highest BCUT2D eigenvalue weighted by molar-refractivity contribution is 5.81. The molecule has 0 aromatic heterocycles. The van der Waals surface area contributed by atoms with Gasteiger partial charge in [-0.15, -0.1) is 0 Å². The first-order valence-corrected chi connectivity index (χ1v) is 5.77. The zero-order valence-corrected chi connectivity index (χ0v) is 10.3. The van der Waals surface area contributed by atoms with Gasteiger partial charge in [-0.1, -0.05) is 54.1 Å². The molecule has 0 aliphatic rings. The second-order valence-electron chi connectivity index (χ2n) is 4.26. The minimum Gasteiger partial charge on any atom is -0.404 e. The normalized spacial score (nSPS) is 11.5. The summed E-state index contributed by atoms with van der Waals surface area (Å²) in [6.07, 6.45) is 1.69. The molecule has 0 spiro atoms. The summed E-state index contributed by atoms with van der Waals surface area (Å²) < 4.78 is 0. The maximum atomic E-state index is 5.78. The first-order chi connectivity index (χ1) is 8.22. The van der Waals surface area contributed by atoms with Crippen LogP contribution in [0.1, 0.15) is 22.3 Å². The number of hydrogen-bond donors (Lipinski definition) is 1. The van der Waals surface area contributed by atoms with E-state index in [0.717, 1.165) is 11.1 Å². The minimum atomic E-state index is 1.09. The predicted octanol–water partition coefficient (Wildman–Crippen LogP) is 3.65. The van der Waals surface area contributed by atoms with E-state index >= 15 is 0 Å². The van der Waals surface area contributed by atoms with Crippen molar-refractivity contribution in [1.29, 1.82) is 0 Å². The lowest BCUT2D eigenvalue weighted by Gasteiger charge is -2.10. The van der Waals surface area contributed by atoms with Crippen molar-refractivity contribution in [2.75, 3.05) is 0 Å². The van der Waals surface area contributed by atoms with Crippen molar-refractivity contribution in [2.24, 2.45) is 5.73 Å². The van der Waals surface area contributed by atoms with Gasteiger partial charge in [0, 0.05) is 11.8 Å². The lowest BCUT2D eigenvalue weighted by Crippen LogP contribution is -1.95. The van der Waals surface area contributed by atoms with Crippen LogP contribution in [0, 0.1) is 13.8 Å². The van der Waals surface area contributed by atoms with Crippen LogP contribution >= 0.6 is 0 Å². The summed E-state index contributed by atoms with van der Waals surface area (Å²) >= 11 is 0. The van der Waals surface area contributed by atoms with Crippen molar-refractivity contribution in [2.45, 2.75) is 13.8 Å². The van der Waals surface area contributed by atoms with Crippen LogP contribution in [-0.2, 0) is 0 Å². The molecular weight excluding hydrogens is 206 g/mol. The quantitative estimate of drug-likeness (QED) is 0.826. The van der Waals surface area contributed by atoms with E-state index in [-0.39, 0.29) is 0 Å². The molecule has 2 aromatic rings. The molecule has 0 saturated carbocycles. The maximum Gasteiger partial charge on any atom is 0.00462 e. The predicted molar refractivity (Wildman–Crippen MR) is 73.6 cm³/mol. The zero-order chi connectivity index (χ0) is 12.3. The van der Waals surface area contributed by atoms with Gasteiger partial charge in [-0.05, 0) is 30.5 Å². The lowest BCUT2D eigenvalue weighted by atomic mass is 9.95. The maximum absolute atomic E-state index is 5.78. The summed E-state index contributed by atoms with van der Waals surface area (Å²) in [4.78, 5) is 0. The highest BCUT2D eigenvalue weighted by Gasteiger charge is 2.06. The average Bonchev–Trinajstić information content (AvgIpc) is 2.35. The van der Waals surface area contributed by atoms with Crippen molar-refractivity contribution in [1.82, 2.24) is 0 Å². The Labute approximate surface area is 103 Å². The van der Waals surface area contributed by atoms with Gasteiger partial charge in [0.15, 0.2) is 0 Å². The summed E-state index contributed by atoms with van der Waals surface area (Å²) in [7, 11) is 0. The van der Waals surface area contributed by atoms with Crippen LogP contribution in [0.2, 0.25) is 0 Å². The molecule has 1 heteroatoms. The molecule has 2 aromatic carbocycles. The summed E-state index contributed by atoms with van der Waals surface area (Å²) in [6.45, 7) is 4.19.